The number of sulfonamides is 1. The highest BCUT2D eigenvalue weighted by Crippen LogP contribution is 2.34. The molecule has 1 aliphatic heterocycles. The maximum atomic E-state index is 13.0. The largest absolute Gasteiger partial charge is 0.377 e. The minimum atomic E-state index is -3.84. The van der Waals surface area contributed by atoms with Gasteiger partial charge in [0.15, 0.2) is 5.82 Å². The van der Waals surface area contributed by atoms with Crippen molar-refractivity contribution in [3.8, 4) is 0 Å². The zero-order valence-corrected chi connectivity index (χ0v) is 15.4. The maximum absolute atomic E-state index is 13.0. The van der Waals surface area contributed by atoms with Crippen LogP contribution in [0.1, 0.15) is 24.6 Å². The molecule has 0 fully saturated rings. The molecule has 0 saturated heterocycles. The third kappa shape index (κ3) is 2.93. The first-order valence-electron chi connectivity index (χ1n) is 7.22. The van der Waals surface area contributed by atoms with Crippen LogP contribution in [-0.4, -0.2) is 41.1 Å². The Hall–Kier alpha value is -1.19. The Morgan fingerprint density at radius 1 is 1.29 bits per heavy atom. The molecule has 7 nitrogen and oxygen atoms in total. The fraction of sp³-hybridized carbons (Fsp3) is 0.429. The second-order valence-electron chi connectivity index (χ2n) is 5.53. The Labute approximate surface area is 150 Å². The van der Waals surface area contributed by atoms with E-state index in [0.29, 0.717) is 18.3 Å². The molecule has 0 aliphatic carbocycles. The van der Waals surface area contributed by atoms with Crippen LogP contribution in [0.4, 0.5) is 0 Å². The lowest BCUT2D eigenvalue weighted by atomic mass is 10.2. The van der Waals surface area contributed by atoms with E-state index in [1.54, 1.807) is 13.2 Å². The first kappa shape index (κ1) is 17.6. The van der Waals surface area contributed by atoms with Crippen LogP contribution >= 0.6 is 23.2 Å². The minimum Gasteiger partial charge on any atom is -0.377 e. The summed E-state index contributed by atoms with van der Waals surface area (Å²) in [5, 5.41) is 8.36. The van der Waals surface area contributed by atoms with Gasteiger partial charge in [-0.05, 0) is 19.1 Å². The molecule has 0 saturated carbocycles. The predicted octanol–water partition coefficient (Wildman–Crippen LogP) is 2.50. The van der Waals surface area contributed by atoms with Crippen molar-refractivity contribution < 1.29 is 13.2 Å². The molecule has 0 amide bonds. The van der Waals surface area contributed by atoms with Gasteiger partial charge in [-0.3, -0.25) is 0 Å². The average Bonchev–Trinajstić information content (AvgIpc) is 2.91. The summed E-state index contributed by atoms with van der Waals surface area (Å²) < 4.78 is 34.3. The Morgan fingerprint density at radius 2 is 1.96 bits per heavy atom. The van der Waals surface area contributed by atoms with Gasteiger partial charge in [-0.25, -0.2) is 8.42 Å². The Kier molecular flexibility index (Phi) is 4.85. The number of methoxy groups -OCH3 is 1. The van der Waals surface area contributed by atoms with E-state index in [-0.39, 0.29) is 34.1 Å². The van der Waals surface area contributed by atoms with Crippen LogP contribution in [0, 0.1) is 0 Å². The summed E-state index contributed by atoms with van der Waals surface area (Å²) in [6.45, 7) is 2.60. The van der Waals surface area contributed by atoms with Crippen LogP contribution in [0.15, 0.2) is 23.1 Å². The molecule has 1 aliphatic rings. The molecule has 2 aromatic rings. The maximum Gasteiger partial charge on any atom is 0.246 e. The number of nitrogens with zero attached hydrogens (tertiary/aromatic N) is 4. The number of hydrogen-bond donors (Lipinski definition) is 0. The van der Waals surface area contributed by atoms with Gasteiger partial charge in [-0.2, -0.15) is 4.31 Å². The molecule has 1 atom stereocenters. The average molecular weight is 391 g/mol. The van der Waals surface area contributed by atoms with E-state index in [1.165, 1.54) is 16.4 Å². The summed E-state index contributed by atoms with van der Waals surface area (Å²) in [6.07, 6.45) is 0. The zero-order valence-electron chi connectivity index (χ0n) is 13.1. The summed E-state index contributed by atoms with van der Waals surface area (Å²) in [4.78, 5) is -0.0781. The highest BCUT2D eigenvalue weighted by atomic mass is 35.5. The molecule has 1 aromatic heterocycles. The summed E-state index contributed by atoms with van der Waals surface area (Å²) in [5.41, 5.74) is 0. The van der Waals surface area contributed by atoms with Crippen molar-refractivity contribution in [3.05, 3.63) is 39.9 Å². The predicted molar refractivity (Wildman–Crippen MR) is 89.5 cm³/mol. The van der Waals surface area contributed by atoms with Crippen molar-refractivity contribution in [1.29, 1.82) is 0 Å². The highest BCUT2D eigenvalue weighted by molar-refractivity contribution is 7.89. The standard InChI is InChI=1S/C14H16Cl2N4O3S/c1-9-6-19(7-12-17-18-13(8-23-2)20(9)12)24(21,22)14-10(15)4-3-5-11(14)16/h3-5,9H,6-8H2,1-2H3/t9-/m0/s1. The molecule has 0 spiro atoms. The van der Waals surface area contributed by atoms with Crippen LogP contribution in [-0.2, 0) is 27.9 Å². The van der Waals surface area contributed by atoms with Crippen LogP contribution in [0.5, 0.6) is 0 Å². The molecule has 130 valence electrons. The normalized spacial score (nSPS) is 18.6. The van der Waals surface area contributed by atoms with Crippen molar-refractivity contribution in [1.82, 2.24) is 19.1 Å². The highest BCUT2D eigenvalue weighted by Gasteiger charge is 2.36. The second-order valence-corrected chi connectivity index (χ2v) is 8.22. The molecular weight excluding hydrogens is 375 g/mol. The van der Waals surface area contributed by atoms with E-state index < -0.39 is 10.0 Å². The summed E-state index contributed by atoms with van der Waals surface area (Å²) in [6, 6.07) is 4.49. The van der Waals surface area contributed by atoms with Gasteiger partial charge in [-0.15, -0.1) is 10.2 Å². The van der Waals surface area contributed by atoms with Gasteiger partial charge in [-0.1, -0.05) is 29.3 Å². The van der Waals surface area contributed by atoms with Crippen LogP contribution in [0.3, 0.4) is 0 Å². The molecule has 24 heavy (non-hydrogen) atoms. The fourth-order valence-electron chi connectivity index (χ4n) is 2.84. The van der Waals surface area contributed by atoms with Crippen molar-refractivity contribution in [3.63, 3.8) is 0 Å². The molecule has 3 rings (SSSR count). The third-order valence-electron chi connectivity index (χ3n) is 3.85. The van der Waals surface area contributed by atoms with Crippen LogP contribution in [0.2, 0.25) is 10.0 Å². The fourth-order valence-corrected chi connectivity index (χ4v) is 5.41. The van der Waals surface area contributed by atoms with E-state index in [2.05, 4.69) is 10.2 Å². The quantitative estimate of drug-likeness (QED) is 0.801. The molecule has 0 unspecified atom stereocenters. The second kappa shape index (κ2) is 6.61. The molecule has 0 bridgehead atoms. The van der Waals surface area contributed by atoms with Gasteiger partial charge in [0, 0.05) is 19.7 Å². The molecular formula is C14H16Cl2N4O3S. The monoisotopic (exact) mass is 390 g/mol. The van der Waals surface area contributed by atoms with Gasteiger partial charge >= 0.3 is 0 Å². The summed E-state index contributed by atoms with van der Waals surface area (Å²) in [5.74, 6) is 1.24. The lowest BCUT2D eigenvalue weighted by Gasteiger charge is -2.32. The summed E-state index contributed by atoms with van der Waals surface area (Å²) >= 11 is 12.2. The van der Waals surface area contributed by atoms with Gasteiger partial charge in [0.1, 0.15) is 17.3 Å². The minimum absolute atomic E-state index is 0.0781. The molecule has 2 heterocycles. The smallest absolute Gasteiger partial charge is 0.246 e. The number of hydrogen-bond acceptors (Lipinski definition) is 5. The molecule has 1 aromatic carbocycles. The third-order valence-corrected chi connectivity index (χ3v) is 6.62. The van der Waals surface area contributed by atoms with E-state index in [1.807, 2.05) is 11.5 Å². The van der Waals surface area contributed by atoms with E-state index >= 15 is 0 Å². The topological polar surface area (TPSA) is 77.3 Å². The zero-order chi connectivity index (χ0) is 17.5. The van der Waals surface area contributed by atoms with E-state index in [9.17, 15) is 8.42 Å². The number of halogens is 2. The Morgan fingerprint density at radius 3 is 2.58 bits per heavy atom. The number of aromatic nitrogens is 3. The Balaban J connectivity index is 1.99. The first-order valence-corrected chi connectivity index (χ1v) is 9.41. The number of fused-ring (bicyclic) bond motifs is 1. The van der Waals surface area contributed by atoms with Gasteiger partial charge in [0.2, 0.25) is 10.0 Å². The summed E-state index contributed by atoms with van der Waals surface area (Å²) in [7, 11) is -2.27. The molecule has 0 N–H and O–H groups in total. The van der Waals surface area contributed by atoms with Crippen molar-refractivity contribution in [2.75, 3.05) is 13.7 Å². The lowest BCUT2D eigenvalue weighted by Crippen LogP contribution is -2.41. The van der Waals surface area contributed by atoms with Crippen molar-refractivity contribution in [2.45, 2.75) is 31.0 Å². The SMILES string of the molecule is COCc1nnc2n1[C@@H](C)CN(S(=O)(=O)c1c(Cl)cccc1Cl)C2. The van der Waals surface area contributed by atoms with E-state index in [4.69, 9.17) is 27.9 Å². The van der Waals surface area contributed by atoms with Crippen LogP contribution in [0.25, 0.3) is 0 Å². The van der Waals surface area contributed by atoms with E-state index in [0.717, 1.165) is 0 Å². The van der Waals surface area contributed by atoms with Crippen molar-refractivity contribution in [2.24, 2.45) is 0 Å². The number of benzene rings is 1. The number of ether oxygens (including phenoxy) is 1. The number of rotatable bonds is 4. The van der Waals surface area contributed by atoms with Gasteiger partial charge < -0.3 is 9.30 Å². The van der Waals surface area contributed by atoms with Crippen LogP contribution < -0.4 is 0 Å². The lowest BCUT2D eigenvalue weighted by molar-refractivity contribution is 0.168. The van der Waals surface area contributed by atoms with Gasteiger partial charge in [0.05, 0.1) is 16.6 Å². The Bertz CT molecular complexity index is 849. The molecule has 10 heteroatoms. The van der Waals surface area contributed by atoms with Crippen molar-refractivity contribution >= 4 is 33.2 Å². The van der Waals surface area contributed by atoms with Gasteiger partial charge in [0.25, 0.3) is 0 Å². The first-order chi connectivity index (χ1) is 11.4. The molecule has 0 radical (unpaired) electrons.